The summed E-state index contributed by atoms with van der Waals surface area (Å²) in [7, 11) is -3.11. The van der Waals surface area contributed by atoms with Crippen molar-refractivity contribution in [3.63, 3.8) is 0 Å². The molecule has 1 atom stereocenters. The summed E-state index contributed by atoms with van der Waals surface area (Å²) in [6, 6.07) is -0.392. The van der Waals surface area contributed by atoms with E-state index < -0.39 is 28.8 Å². The molecule has 4 nitrogen and oxygen atoms in total. The maximum atomic E-state index is 11.5. The van der Waals surface area contributed by atoms with Crippen LogP contribution in [0.3, 0.4) is 0 Å². The van der Waals surface area contributed by atoms with Crippen LogP contribution in [-0.2, 0) is 14.6 Å². The first-order valence-corrected chi connectivity index (χ1v) is 6.28. The van der Waals surface area contributed by atoms with Crippen LogP contribution >= 0.6 is 0 Å². The third kappa shape index (κ3) is 11.6. The molecular formula is C7H14F3NO3S. The summed E-state index contributed by atoms with van der Waals surface area (Å²) in [6.45, 7) is 1.00. The highest BCUT2D eigenvalue weighted by atomic mass is 32.2. The summed E-state index contributed by atoms with van der Waals surface area (Å²) in [5.41, 5.74) is 0. The molecule has 0 saturated carbocycles. The molecule has 8 heteroatoms. The Kier molecular flexibility index (Phi) is 5.54. The first kappa shape index (κ1) is 14.7. The molecule has 0 fully saturated rings. The number of rotatable bonds is 6. The van der Waals surface area contributed by atoms with E-state index in [9.17, 15) is 21.6 Å². The first-order chi connectivity index (χ1) is 6.60. The van der Waals surface area contributed by atoms with Gasteiger partial charge in [-0.05, 0) is 6.92 Å². The van der Waals surface area contributed by atoms with Gasteiger partial charge in [0, 0.05) is 18.8 Å². The number of hydrogen-bond donors (Lipinski definition) is 1. The SMILES string of the molecule is CC(CS(C)(=O)=O)NCCOC(F)(F)F. The van der Waals surface area contributed by atoms with E-state index in [0.717, 1.165) is 6.26 Å². The normalized spacial score (nSPS) is 15.3. The average molecular weight is 249 g/mol. The van der Waals surface area contributed by atoms with Gasteiger partial charge in [0.15, 0.2) is 0 Å². The molecule has 1 unspecified atom stereocenters. The molecule has 0 radical (unpaired) electrons. The maximum Gasteiger partial charge on any atom is 0.522 e. The van der Waals surface area contributed by atoms with Crippen molar-refractivity contribution in [1.82, 2.24) is 5.32 Å². The van der Waals surface area contributed by atoms with Crippen molar-refractivity contribution in [2.45, 2.75) is 19.3 Å². The Morgan fingerprint density at radius 3 is 2.33 bits per heavy atom. The molecule has 15 heavy (non-hydrogen) atoms. The van der Waals surface area contributed by atoms with Crippen molar-refractivity contribution in [3.05, 3.63) is 0 Å². The van der Waals surface area contributed by atoms with Gasteiger partial charge in [-0.3, -0.25) is 4.74 Å². The van der Waals surface area contributed by atoms with Gasteiger partial charge in [-0.2, -0.15) is 0 Å². The molecule has 0 bridgehead atoms. The van der Waals surface area contributed by atoms with E-state index in [0.29, 0.717) is 0 Å². The lowest BCUT2D eigenvalue weighted by molar-refractivity contribution is -0.323. The van der Waals surface area contributed by atoms with Crippen LogP contribution in [0.25, 0.3) is 0 Å². The second kappa shape index (κ2) is 5.66. The van der Waals surface area contributed by atoms with E-state index in [1.165, 1.54) is 0 Å². The van der Waals surface area contributed by atoms with Gasteiger partial charge in [-0.25, -0.2) is 8.42 Å². The van der Waals surface area contributed by atoms with Gasteiger partial charge in [0.1, 0.15) is 9.84 Å². The molecule has 0 aliphatic carbocycles. The highest BCUT2D eigenvalue weighted by molar-refractivity contribution is 7.90. The Bertz CT molecular complexity index is 276. The minimum Gasteiger partial charge on any atom is -0.311 e. The molecule has 0 rings (SSSR count). The molecule has 0 aliphatic rings. The number of ether oxygens (including phenoxy) is 1. The maximum absolute atomic E-state index is 11.5. The van der Waals surface area contributed by atoms with Crippen LogP contribution in [0.5, 0.6) is 0 Å². The van der Waals surface area contributed by atoms with Crippen molar-refractivity contribution in [1.29, 1.82) is 0 Å². The monoisotopic (exact) mass is 249 g/mol. The van der Waals surface area contributed by atoms with Crippen LogP contribution in [-0.4, -0.2) is 46.0 Å². The summed E-state index contributed by atoms with van der Waals surface area (Å²) >= 11 is 0. The van der Waals surface area contributed by atoms with Crippen LogP contribution in [0.2, 0.25) is 0 Å². The van der Waals surface area contributed by atoms with Crippen LogP contribution in [0.4, 0.5) is 13.2 Å². The third-order valence-electron chi connectivity index (χ3n) is 1.41. The van der Waals surface area contributed by atoms with Gasteiger partial charge < -0.3 is 5.32 Å². The van der Waals surface area contributed by atoms with E-state index >= 15 is 0 Å². The standard InChI is InChI=1S/C7H14F3NO3S/c1-6(5-15(2,12)13)11-3-4-14-7(8,9)10/h6,11H,3-5H2,1-2H3. The van der Waals surface area contributed by atoms with Crippen molar-refractivity contribution in [2.75, 3.05) is 25.2 Å². The van der Waals surface area contributed by atoms with Crippen LogP contribution in [0, 0.1) is 0 Å². The van der Waals surface area contributed by atoms with Crippen LogP contribution in [0.15, 0.2) is 0 Å². The minimum atomic E-state index is -4.64. The highest BCUT2D eigenvalue weighted by Gasteiger charge is 2.28. The van der Waals surface area contributed by atoms with E-state index in [1.807, 2.05) is 0 Å². The fraction of sp³-hybridized carbons (Fsp3) is 1.00. The number of halogens is 3. The quantitative estimate of drug-likeness (QED) is 0.698. The van der Waals surface area contributed by atoms with Gasteiger partial charge in [0.05, 0.1) is 12.4 Å². The Labute approximate surface area is 86.7 Å². The van der Waals surface area contributed by atoms with E-state index in [2.05, 4.69) is 10.1 Å². The summed E-state index contributed by atoms with van der Waals surface area (Å²) in [6.07, 6.45) is -3.57. The van der Waals surface area contributed by atoms with E-state index in [-0.39, 0.29) is 12.3 Å². The molecule has 0 aromatic carbocycles. The molecular weight excluding hydrogens is 235 g/mol. The predicted molar refractivity (Wildman–Crippen MR) is 49.2 cm³/mol. The summed E-state index contributed by atoms with van der Waals surface area (Å²) in [4.78, 5) is 0. The predicted octanol–water partition coefficient (Wildman–Crippen LogP) is 0.545. The third-order valence-corrected chi connectivity index (χ3v) is 2.52. The van der Waals surface area contributed by atoms with E-state index in [1.54, 1.807) is 6.92 Å². The Hall–Kier alpha value is -0.340. The molecule has 0 saturated heterocycles. The lowest BCUT2D eigenvalue weighted by Crippen LogP contribution is -2.35. The molecule has 0 aromatic rings. The van der Waals surface area contributed by atoms with Gasteiger partial charge in [0.25, 0.3) is 0 Å². The molecule has 0 aromatic heterocycles. The van der Waals surface area contributed by atoms with Crippen LogP contribution in [0.1, 0.15) is 6.92 Å². The second-order valence-corrected chi connectivity index (χ2v) is 5.43. The van der Waals surface area contributed by atoms with Gasteiger partial charge >= 0.3 is 6.36 Å². The topological polar surface area (TPSA) is 55.4 Å². The lowest BCUT2D eigenvalue weighted by atomic mass is 10.4. The molecule has 0 aliphatic heterocycles. The first-order valence-electron chi connectivity index (χ1n) is 4.22. The highest BCUT2D eigenvalue weighted by Crippen LogP contribution is 2.15. The van der Waals surface area contributed by atoms with Crippen molar-refractivity contribution in [3.8, 4) is 0 Å². The zero-order valence-corrected chi connectivity index (χ0v) is 9.28. The van der Waals surface area contributed by atoms with Gasteiger partial charge in [-0.1, -0.05) is 0 Å². The molecule has 0 spiro atoms. The largest absolute Gasteiger partial charge is 0.522 e. The number of sulfone groups is 1. The lowest BCUT2D eigenvalue weighted by Gasteiger charge is -2.13. The molecule has 92 valence electrons. The zero-order valence-electron chi connectivity index (χ0n) is 8.47. The number of nitrogens with one attached hydrogen (secondary N) is 1. The van der Waals surface area contributed by atoms with Crippen molar-refractivity contribution in [2.24, 2.45) is 0 Å². The summed E-state index contributed by atoms with van der Waals surface area (Å²) in [5, 5.41) is 2.61. The fourth-order valence-electron chi connectivity index (χ4n) is 0.985. The van der Waals surface area contributed by atoms with Crippen LogP contribution < -0.4 is 5.32 Å². The Morgan fingerprint density at radius 2 is 1.93 bits per heavy atom. The smallest absolute Gasteiger partial charge is 0.311 e. The van der Waals surface area contributed by atoms with Crippen molar-refractivity contribution < 1.29 is 26.3 Å². The Balaban J connectivity index is 3.61. The molecule has 1 N–H and O–H groups in total. The average Bonchev–Trinajstić information content (AvgIpc) is 1.92. The number of alkyl halides is 3. The van der Waals surface area contributed by atoms with Crippen molar-refractivity contribution >= 4 is 9.84 Å². The fourth-order valence-corrected chi connectivity index (χ4v) is 2.01. The Morgan fingerprint density at radius 1 is 1.40 bits per heavy atom. The van der Waals surface area contributed by atoms with Gasteiger partial charge in [-0.15, -0.1) is 13.2 Å². The van der Waals surface area contributed by atoms with E-state index in [4.69, 9.17) is 0 Å². The molecule has 0 amide bonds. The second-order valence-electron chi connectivity index (χ2n) is 3.24. The summed E-state index contributed by atoms with van der Waals surface area (Å²) < 4.78 is 59.6. The number of hydrogen-bond acceptors (Lipinski definition) is 4. The minimum absolute atomic E-state index is 0.0454. The summed E-state index contributed by atoms with van der Waals surface area (Å²) in [5.74, 6) is -0.112. The molecule has 0 heterocycles. The van der Waals surface area contributed by atoms with Gasteiger partial charge in [0.2, 0.25) is 0 Å². The zero-order chi connectivity index (χ0) is 12.1.